The molecule has 4 nitrogen and oxygen atoms in total. The van der Waals surface area contributed by atoms with E-state index in [0.29, 0.717) is 16.8 Å². The van der Waals surface area contributed by atoms with Gasteiger partial charge in [-0.25, -0.2) is 0 Å². The molecule has 2 aliphatic rings. The topological polar surface area (TPSA) is 59.2 Å². The SMILES string of the molecule is Oc1ccc(-c2nc(C3CCCC4CC43)no2)cc1Cl. The molecule has 0 spiro atoms. The number of aromatic nitrogens is 2. The molecule has 1 N–H and O–H groups in total. The molecule has 2 fully saturated rings. The standard InChI is InChI=1S/C15H15ClN2O2/c16-12-7-9(4-5-13(12)19)15-17-14(18-20-15)10-3-1-2-8-6-11(8)10/h4-5,7-8,10-11,19H,1-3,6H2. The molecule has 1 aromatic heterocycles. The van der Waals surface area contributed by atoms with Gasteiger partial charge in [0.1, 0.15) is 5.75 Å². The van der Waals surface area contributed by atoms with Gasteiger partial charge < -0.3 is 9.63 Å². The number of halogens is 1. The average molecular weight is 291 g/mol. The summed E-state index contributed by atoms with van der Waals surface area (Å²) in [6, 6.07) is 4.92. The minimum absolute atomic E-state index is 0.0586. The molecule has 1 heterocycles. The van der Waals surface area contributed by atoms with E-state index in [2.05, 4.69) is 10.1 Å². The zero-order valence-corrected chi connectivity index (χ0v) is 11.7. The number of nitrogens with zero attached hydrogens (tertiary/aromatic N) is 2. The maximum Gasteiger partial charge on any atom is 0.257 e. The van der Waals surface area contributed by atoms with E-state index >= 15 is 0 Å². The summed E-state index contributed by atoms with van der Waals surface area (Å²) in [7, 11) is 0. The summed E-state index contributed by atoms with van der Waals surface area (Å²) in [6.07, 6.45) is 5.11. The van der Waals surface area contributed by atoms with Gasteiger partial charge in [-0.15, -0.1) is 0 Å². The first kappa shape index (κ1) is 12.2. The summed E-state index contributed by atoms with van der Waals surface area (Å²) >= 11 is 5.91. The first-order valence-corrected chi connectivity index (χ1v) is 7.42. The van der Waals surface area contributed by atoms with Gasteiger partial charge in [-0.2, -0.15) is 4.98 Å². The Labute approximate surface area is 121 Å². The number of phenolic OH excluding ortho intramolecular Hbond substituents is 1. The van der Waals surface area contributed by atoms with Gasteiger partial charge in [-0.05, 0) is 42.9 Å². The van der Waals surface area contributed by atoms with E-state index in [9.17, 15) is 5.11 Å². The van der Waals surface area contributed by atoms with Crippen molar-refractivity contribution in [1.82, 2.24) is 10.1 Å². The van der Waals surface area contributed by atoms with Crippen molar-refractivity contribution in [3.8, 4) is 17.2 Å². The summed E-state index contributed by atoms with van der Waals surface area (Å²) in [5.74, 6) is 3.47. The normalized spacial score (nSPS) is 28.1. The summed E-state index contributed by atoms with van der Waals surface area (Å²) in [5.41, 5.74) is 0.745. The summed E-state index contributed by atoms with van der Waals surface area (Å²) in [5, 5.41) is 13.9. The second-order valence-electron chi connectivity index (χ2n) is 5.82. The van der Waals surface area contributed by atoms with E-state index < -0.39 is 0 Å². The summed E-state index contributed by atoms with van der Waals surface area (Å²) < 4.78 is 5.36. The highest BCUT2D eigenvalue weighted by atomic mass is 35.5. The Kier molecular flexibility index (Phi) is 2.74. The molecule has 4 rings (SSSR count). The quantitative estimate of drug-likeness (QED) is 0.908. The smallest absolute Gasteiger partial charge is 0.257 e. The lowest BCUT2D eigenvalue weighted by molar-refractivity contribution is 0.373. The number of aromatic hydroxyl groups is 1. The number of phenols is 1. The fourth-order valence-electron chi connectivity index (χ4n) is 3.37. The predicted molar refractivity (Wildman–Crippen MR) is 74.6 cm³/mol. The molecule has 0 amide bonds. The highest BCUT2D eigenvalue weighted by Gasteiger charge is 2.47. The molecule has 20 heavy (non-hydrogen) atoms. The van der Waals surface area contributed by atoms with Crippen molar-refractivity contribution in [3.05, 3.63) is 29.0 Å². The summed E-state index contributed by atoms with van der Waals surface area (Å²) in [4.78, 5) is 4.53. The highest BCUT2D eigenvalue weighted by Crippen LogP contribution is 2.56. The zero-order chi connectivity index (χ0) is 13.7. The molecule has 0 aliphatic heterocycles. The fourth-order valence-corrected chi connectivity index (χ4v) is 3.55. The lowest BCUT2D eigenvalue weighted by Crippen LogP contribution is -2.09. The minimum Gasteiger partial charge on any atom is -0.506 e. The van der Waals surface area contributed by atoms with Crippen molar-refractivity contribution in [3.63, 3.8) is 0 Å². The lowest BCUT2D eigenvalue weighted by atomic mass is 9.88. The molecule has 0 saturated heterocycles. The van der Waals surface area contributed by atoms with Gasteiger partial charge in [0.25, 0.3) is 5.89 Å². The van der Waals surface area contributed by atoms with Crippen molar-refractivity contribution < 1.29 is 9.63 Å². The number of rotatable bonds is 2. The van der Waals surface area contributed by atoms with Crippen LogP contribution >= 0.6 is 11.6 Å². The number of benzene rings is 1. The van der Waals surface area contributed by atoms with Crippen molar-refractivity contribution in [2.75, 3.05) is 0 Å². The van der Waals surface area contributed by atoms with Gasteiger partial charge in [-0.3, -0.25) is 0 Å². The Morgan fingerprint density at radius 1 is 1.30 bits per heavy atom. The molecular formula is C15H15ClN2O2. The van der Waals surface area contributed by atoms with Crippen LogP contribution in [0.15, 0.2) is 22.7 Å². The van der Waals surface area contributed by atoms with Gasteiger partial charge >= 0.3 is 0 Å². The molecule has 3 atom stereocenters. The van der Waals surface area contributed by atoms with Crippen molar-refractivity contribution in [2.45, 2.75) is 31.6 Å². The number of hydrogen-bond donors (Lipinski definition) is 1. The van der Waals surface area contributed by atoms with Crippen LogP contribution in [0.2, 0.25) is 5.02 Å². The van der Waals surface area contributed by atoms with Crippen LogP contribution < -0.4 is 0 Å². The molecule has 0 radical (unpaired) electrons. The van der Waals surface area contributed by atoms with Gasteiger partial charge in [0.2, 0.25) is 0 Å². The Hall–Kier alpha value is -1.55. The van der Waals surface area contributed by atoms with E-state index in [1.54, 1.807) is 18.2 Å². The van der Waals surface area contributed by atoms with Gasteiger partial charge in [0, 0.05) is 11.5 Å². The van der Waals surface area contributed by atoms with Crippen molar-refractivity contribution >= 4 is 11.6 Å². The van der Waals surface area contributed by atoms with Crippen LogP contribution in [-0.4, -0.2) is 15.2 Å². The third-order valence-electron chi connectivity index (χ3n) is 4.55. The maximum atomic E-state index is 9.44. The second kappa shape index (κ2) is 4.48. The Bertz CT molecular complexity index is 655. The van der Waals surface area contributed by atoms with E-state index in [1.807, 2.05) is 0 Å². The third-order valence-corrected chi connectivity index (χ3v) is 4.85. The molecule has 0 bridgehead atoms. The van der Waals surface area contributed by atoms with E-state index in [1.165, 1.54) is 19.3 Å². The van der Waals surface area contributed by atoms with Crippen LogP contribution in [0.4, 0.5) is 0 Å². The average Bonchev–Trinajstić information content (AvgIpc) is 3.09. The monoisotopic (exact) mass is 290 g/mol. The van der Waals surface area contributed by atoms with Crippen LogP contribution in [0.5, 0.6) is 5.75 Å². The molecule has 2 saturated carbocycles. The van der Waals surface area contributed by atoms with Crippen LogP contribution in [-0.2, 0) is 0 Å². The third kappa shape index (κ3) is 1.99. The van der Waals surface area contributed by atoms with Crippen LogP contribution in [0.25, 0.3) is 11.5 Å². The molecule has 3 unspecified atom stereocenters. The Balaban J connectivity index is 1.62. The lowest BCUT2D eigenvalue weighted by Gasteiger charge is -2.17. The summed E-state index contributed by atoms with van der Waals surface area (Å²) in [6.45, 7) is 0. The van der Waals surface area contributed by atoms with E-state index in [4.69, 9.17) is 16.1 Å². The van der Waals surface area contributed by atoms with Gasteiger partial charge in [0.15, 0.2) is 5.82 Å². The zero-order valence-electron chi connectivity index (χ0n) is 10.9. The minimum atomic E-state index is 0.0586. The molecule has 104 valence electrons. The molecule has 2 aliphatic carbocycles. The molecule has 2 aromatic rings. The fraction of sp³-hybridized carbons (Fsp3) is 0.467. The predicted octanol–water partition coefficient (Wildman–Crippen LogP) is 4.00. The second-order valence-corrected chi connectivity index (χ2v) is 6.23. The van der Waals surface area contributed by atoms with Crippen LogP contribution in [0.1, 0.15) is 37.4 Å². The first-order valence-electron chi connectivity index (χ1n) is 7.05. The van der Waals surface area contributed by atoms with Crippen molar-refractivity contribution in [1.29, 1.82) is 0 Å². The number of fused-ring (bicyclic) bond motifs is 1. The van der Waals surface area contributed by atoms with Gasteiger partial charge in [-0.1, -0.05) is 29.6 Å². The molecular weight excluding hydrogens is 276 g/mol. The number of hydrogen-bond acceptors (Lipinski definition) is 4. The molecule has 5 heteroatoms. The first-order chi connectivity index (χ1) is 9.72. The van der Waals surface area contributed by atoms with E-state index in [0.717, 1.165) is 29.6 Å². The maximum absolute atomic E-state index is 9.44. The Morgan fingerprint density at radius 2 is 2.20 bits per heavy atom. The van der Waals surface area contributed by atoms with Crippen LogP contribution in [0, 0.1) is 11.8 Å². The Morgan fingerprint density at radius 3 is 3.05 bits per heavy atom. The highest BCUT2D eigenvalue weighted by molar-refractivity contribution is 6.32. The van der Waals surface area contributed by atoms with Crippen molar-refractivity contribution in [2.24, 2.45) is 11.8 Å². The largest absolute Gasteiger partial charge is 0.506 e. The molecule has 1 aromatic carbocycles. The van der Waals surface area contributed by atoms with Gasteiger partial charge in [0.05, 0.1) is 5.02 Å². The van der Waals surface area contributed by atoms with E-state index in [-0.39, 0.29) is 5.75 Å². The van der Waals surface area contributed by atoms with Crippen LogP contribution in [0.3, 0.4) is 0 Å².